The van der Waals surface area contributed by atoms with Crippen LogP contribution in [0.4, 0.5) is 4.39 Å². The quantitative estimate of drug-likeness (QED) is 0.895. The van der Waals surface area contributed by atoms with E-state index in [0.29, 0.717) is 13.2 Å². The first-order valence-electron chi connectivity index (χ1n) is 6.46. The fourth-order valence-electron chi connectivity index (χ4n) is 1.97. The average Bonchev–Trinajstić information content (AvgIpc) is 2.41. The van der Waals surface area contributed by atoms with Gasteiger partial charge in [0.2, 0.25) is 0 Å². The molecule has 0 aliphatic carbocycles. The van der Waals surface area contributed by atoms with Crippen LogP contribution in [0.25, 0.3) is 0 Å². The Hall–Kier alpha value is -1.39. The minimum Gasteiger partial charge on any atom is -0.489 e. The third-order valence-electron chi connectivity index (χ3n) is 3.13. The van der Waals surface area contributed by atoms with Gasteiger partial charge in [-0.25, -0.2) is 4.39 Å². The third-order valence-corrected chi connectivity index (χ3v) is 3.90. The molecule has 0 radical (unpaired) electrons. The summed E-state index contributed by atoms with van der Waals surface area (Å²) in [4.78, 5) is 0. The van der Waals surface area contributed by atoms with Crippen LogP contribution in [0.5, 0.6) is 5.75 Å². The van der Waals surface area contributed by atoms with Crippen LogP contribution in [0, 0.1) is 12.7 Å². The van der Waals surface area contributed by atoms with Gasteiger partial charge in [0, 0.05) is 4.47 Å². The van der Waals surface area contributed by atoms with Crippen LogP contribution in [-0.4, -0.2) is 6.54 Å². The molecule has 0 aliphatic heterocycles. The van der Waals surface area contributed by atoms with Crippen molar-refractivity contribution >= 4 is 15.9 Å². The van der Waals surface area contributed by atoms with Gasteiger partial charge in [0.05, 0.1) is 0 Å². The molecule has 0 atom stereocenters. The zero-order valence-corrected chi connectivity index (χ0v) is 12.9. The molecule has 0 heterocycles. The van der Waals surface area contributed by atoms with Crippen molar-refractivity contribution in [3.63, 3.8) is 0 Å². The standard InChI is InChI=1S/C16H17BrFNO/c1-11-8-14(18)3-2-13(11)10-20-15-4-5-16(17)12(9-15)6-7-19/h2-5,8-9H,6-7,10,19H2,1H3. The number of aryl methyl sites for hydroxylation is 1. The number of hydrogen-bond donors (Lipinski definition) is 1. The summed E-state index contributed by atoms with van der Waals surface area (Å²) in [6, 6.07) is 10.6. The topological polar surface area (TPSA) is 35.2 Å². The summed E-state index contributed by atoms with van der Waals surface area (Å²) in [5.41, 5.74) is 8.58. The summed E-state index contributed by atoms with van der Waals surface area (Å²) in [5, 5.41) is 0. The van der Waals surface area contributed by atoms with Crippen LogP contribution in [-0.2, 0) is 13.0 Å². The van der Waals surface area contributed by atoms with Crippen molar-refractivity contribution in [3.05, 3.63) is 63.4 Å². The molecular formula is C16H17BrFNO. The minimum atomic E-state index is -0.222. The molecule has 0 saturated carbocycles. The predicted octanol–water partition coefficient (Wildman–Crippen LogP) is 3.98. The number of halogens is 2. The maximum Gasteiger partial charge on any atom is 0.123 e. The Morgan fingerprint density at radius 3 is 2.65 bits per heavy atom. The van der Waals surface area contributed by atoms with E-state index in [1.165, 1.54) is 12.1 Å². The third kappa shape index (κ3) is 3.81. The van der Waals surface area contributed by atoms with Crippen LogP contribution in [0.1, 0.15) is 16.7 Å². The van der Waals surface area contributed by atoms with Crippen molar-refractivity contribution in [1.29, 1.82) is 0 Å². The average molecular weight is 338 g/mol. The lowest BCUT2D eigenvalue weighted by molar-refractivity contribution is 0.305. The van der Waals surface area contributed by atoms with Gasteiger partial charge in [-0.3, -0.25) is 0 Å². The molecule has 0 aliphatic rings. The van der Waals surface area contributed by atoms with Crippen molar-refractivity contribution in [2.75, 3.05) is 6.54 Å². The Labute approximate surface area is 126 Å². The van der Waals surface area contributed by atoms with Gasteiger partial charge in [-0.1, -0.05) is 22.0 Å². The molecule has 0 unspecified atom stereocenters. The lowest BCUT2D eigenvalue weighted by Crippen LogP contribution is -2.04. The number of nitrogens with two attached hydrogens (primary N) is 1. The molecule has 0 amide bonds. The normalized spacial score (nSPS) is 10.6. The first-order valence-corrected chi connectivity index (χ1v) is 7.26. The maximum absolute atomic E-state index is 13.0. The molecule has 0 saturated heterocycles. The lowest BCUT2D eigenvalue weighted by Gasteiger charge is -2.11. The Morgan fingerprint density at radius 1 is 1.15 bits per heavy atom. The lowest BCUT2D eigenvalue weighted by atomic mass is 10.1. The summed E-state index contributed by atoms with van der Waals surface area (Å²) in [6.07, 6.45) is 0.799. The van der Waals surface area contributed by atoms with Crippen molar-refractivity contribution in [2.24, 2.45) is 5.73 Å². The highest BCUT2D eigenvalue weighted by Gasteiger charge is 2.04. The van der Waals surface area contributed by atoms with E-state index in [0.717, 1.165) is 33.3 Å². The molecule has 0 aromatic heterocycles. The summed E-state index contributed by atoms with van der Waals surface area (Å²) >= 11 is 3.49. The second-order valence-electron chi connectivity index (χ2n) is 4.65. The summed E-state index contributed by atoms with van der Waals surface area (Å²) in [6.45, 7) is 2.90. The van der Waals surface area contributed by atoms with Gasteiger partial charge in [0.15, 0.2) is 0 Å². The first kappa shape index (κ1) is 15.0. The van der Waals surface area contributed by atoms with Gasteiger partial charge in [-0.15, -0.1) is 0 Å². The molecule has 0 spiro atoms. The van der Waals surface area contributed by atoms with Crippen LogP contribution in [0.15, 0.2) is 40.9 Å². The van der Waals surface area contributed by atoms with Crippen molar-refractivity contribution < 1.29 is 9.13 Å². The molecule has 0 bridgehead atoms. The second kappa shape index (κ2) is 6.86. The van der Waals surface area contributed by atoms with Gasteiger partial charge in [-0.2, -0.15) is 0 Å². The molecule has 2 aromatic carbocycles. The van der Waals surface area contributed by atoms with E-state index < -0.39 is 0 Å². The van der Waals surface area contributed by atoms with Crippen molar-refractivity contribution in [1.82, 2.24) is 0 Å². The largest absolute Gasteiger partial charge is 0.489 e. The SMILES string of the molecule is Cc1cc(F)ccc1COc1ccc(Br)c(CCN)c1. The monoisotopic (exact) mass is 337 g/mol. The van der Waals surface area contributed by atoms with Gasteiger partial charge in [0.25, 0.3) is 0 Å². The van der Waals surface area contributed by atoms with Crippen molar-refractivity contribution in [3.8, 4) is 5.75 Å². The van der Waals surface area contributed by atoms with E-state index in [4.69, 9.17) is 10.5 Å². The van der Waals surface area contributed by atoms with Gasteiger partial charge >= 0.3 is 0 Å². The number of ether oxygens (including phenoxy) is 1. The van der Waals surface area contributed by atoms with Crippen LogP contribution >= 0.6 is 15.9 Å². The highest BCUT2D eigenvalue weighted by atomic mass is 79.9. The summed E-state index contributed by atoms with van der Waals surface area (Å²) in [5.74, 6) is 0.570. The highest BCUT2D eigenvalue weighted by molar-refractivity contribution is 9.10. The number of rotatable bonds is 5. The number of benzene rings is 2. The molecule has 4 heteroatoms. The molecule has 2 nitrogen and oxygen atoms in total. The first-order chi connectivity index (χ1) is 9.60. The van der Waals surface area contributed by atoms with Crippen LogP contribution in [0.2, 0.25) is 0 Å². The molecule has 106 valence electrons. The molecule has 2 aromatic rings. The Kier molecular flexibility index (Phi) is 5.15. The van der Waals surface area contributed by atoms with Crippen molar-refractivity contribution in [2.45, 2.75) is 20.0 Å². The molecule has 2 N–H and O–H groups in total. The molecule has 0 fully saturated rings. The van der Waals surface area contributed by atoms with E-state index in [1.807, 2.05) is 25.1 Å². The smallest absolute Gasteiger partial charge is 0.123 e. The molecular weight excluding hydrogens is 321 g/mol. The second-order valence-corrected chi connectivity index (χ2v) is 5.51. The fraction of sp³-hybridized carbons (Fsp3) is 0.250. The highest BCUT2D eigenvalue weighted by Crippen LogP contribution is 2.24. The van der Waals surface area contributed by atoms with Gasteiger partial charge < -0.3 is 10.5 Å². The van der Waals surface area contributed by atoms with E-state index in [1.54, 1.807) is 6.07 Å². The van der Waals surface area contributed by atoms with E-state index >= 15 is 0 Å². The van der Waals surface area contributed by atoms with Crippen LogP contribution in [0.3, 0.4) is 0 Å². The minimum absolute atomic E-state index is 0.222. The fourth-order valence-corrected chi connectivity index (χ4v) is 2.42. The number of hydrogen-bond acceptors (Lipinski definition) is 2. The van der Waals surface area contributed by atoms with Gasteiger partial charge in [0.1, 0.15) is 18.2 Å². The Bertz CT molecular complexity index is 601. The van der Waals surface area contributed by atoms with E-state index in [2.05, 4.69) is 15.9 Å². The Morgan fingerprint density at radius 2 is 1.95 bits per heavy atom. The van der Waals surface area contributed by atoms with Gasteiger partial charge in [-0.05, 0) is 66.9 Å². The van der Waals surface area contributed by atoms with E-state index in [-0.39, 0.29) is 5.82 Å². The van der Waals surface area contributed by atoms with E-state index in [9.17, 15) is 4.39 Å². The summed E-state index contributed by atoms with van der Waals surface area (Å²) in [7, 11) is 0. The zero-order chi connectivity index (χ0) is 14.5. The van der Waals surface area contributed by atoms with Crippen LogP contribution < -0.4 is 10.5 Å². The maximum atomic E-state index is 13.0. The zero-order valence-electron chi connectivity index (χ0n) is 11.3. The molecule has 20 heavy (non-hydrogen) atoms. The molecule has 2 rings (SSSR count). The summed E-state index contributed by atoms with van der Waals surface area (Å²) < 4.78 is 19.8. The predicted molar refractivity (Wildman–Crippen MR) is 82.4 cm³/mol. The Balaban J connectivity index is 2.08.